The first-order chi connectivity index (χ1) is 24.3. The summed E-state index contributed by atoms with van der Waals surface area (Å²) in [5.41, 5.74) is 24.8. The summed E-state index contributed by atoms with van der Waals surface area (Å²) in [6.45, 7) is 0. The Balaban J connectivity index is 1.29. The fourth-order valence-corrected chi connectivity index (χ4v) is 11.6. The monoisotopic (exact) mass is 624 g/mol. The maximum Gasteiger partial charge on any atom is 0.416 e. The Bertz CT molecular complexity index is 2620. The zero-order valence-corrected chi connectivity index (χ0v) is 27.0. The van der Waals surface area contributed by atoms with E-state index in [1.165, 1.54) is 72.6 Å². The summed E-state index contributed by atoms with van der Waals surface area (Å²) in [6, 6.07) is 49.4. The van der Waals surface area contributed by atoms with Crippen LogP contribution >= 0.6 is 0 Å². The number of hydrogen-bond donors (Lipinski definition) is 0. The van der Waals surface area contributed by atoms with E-state index in [2.05, 4.69) is 149 Å². The molecule has 0 bridgehead atoms. The van der Waals surface area contributed by atoms with E-state index in [-0.39, 0.29) is 17.8 Å². The van der Waals surface area contributed by atoms with Crippen molar-refractivity contribution in [2.24, 2.45) is 0 Å². The molecule has 0 fully saturated rings. The second-order valence-electron chi connectivity index (χ2n) is 15.1. The van der Waals surface area contributed by atoms with Gasteiger partial charge < -0.3 is 0 Å². The highest BCUT2D eigenvalue weighted by Gasteiger charge is 2.71. The average Bonchev–Trinajstić information content (AvgIpc) is 3.16. The molecule has 2 aromatic heterocycles. The van der Waals surface area contributed by atoms with Gasteiger partial charge in [-0.05, 0) is 91.6 Å². The van der Waals surface area contributed by atoms with Crippen LogP contribution in [0.1, 0.15) is 113 Å². The first-order valence-corrected chi connectivity index (χ1v) is 17.9. The lowest BCUT2D eigenvalue weighted by molar-refractivity contribution is -0.980. The Morgan fingerprint density at radius 3 is 1.45 bits per heavy atom. The van der Waals surface area contributed by atoms with E-state index in [0.29, 0.717) is 0 Å². The van der Waals surface area contributed by atoms with E-state index in [1.807, 2.05) is 0 Å². The van der Waals surface area contributed by atoms with Gasteiger partial charge in [-0.25, -0.2) is 0 Å². The molecule has 0 saturated carbocycles. The van der Waals surface area contributed by atoms with E-state index in [9.17, 15) is 0 Å². The van der Waals surface area contributed by atoms with Crippen molar-refractivity contribution in [3.63, 3.8) is 0 Å². The van der Waals surface area contributed by atoms with Crippen LogP contribution < -0.4 is 9.13 Å². The molecule has 0 saturated heterocycles. The molecule has 0 radical (unpaired) electrons. The van der Waals surface area contributed by atoms with Gasteiger partial charge in [-0.1, -0.05) is 103 Å². The van der Waals surface area contributed by atoms with E-state index >= 15 is 0 Å². The molecule has 13 rings (SSSR count). The fourth-order valence-electron chi connectivity index (χ4n) is 11.6. The van der Waals surface area contributed by atoms with Gasteiger partial charge in [0.25, 0.3) is 0 Å². The molecule has 0 amide bonds. The second kappa shape index (κ2) is 8.51. The summed E-state index contributed by atoms with van der Waals surface area (Å²) in [5, 5.41) is 0. The van der Waals surface area contributed by atoms with Gasteiger partial charge in [-0.3, -0.25) is 0 Å². The molecule has 5 aromatic carbocycles. The number of fused-ring (bicyclic) bond motifs is 11. The predicted molar refractivity (Wildman–Crippen MR) is 188 cm³/mol. The van der Waals surface area contributed by atoms with Gasteiger partial charge in [-0.2, -0.15) is 0 Å². The molecule has 4 heterocycles. The van der Waals surface area contributed by atoms with Crippen LogP contribution in [-0.2, 0) is 24.9 Å². The molecule has 2 aliphatic heterocycles. The largest absolute Gasteiger partial charge is 0.416 e. The lowest BCUT2D eigenvalue weighted by Crippen LogP contribution is -2.81. The Labute approximate surface area is 285 Å². The quantitative estimate of drug-likeness (QED) is 0.153. The highest BCUT2D eigenvalue weighted by Crippen LogP contribution is 2.62. The van der Waals surface area contributed by atoms with Crippen LogP contribution in [0.25, 0.3) is 0 Å². The molecular formula is C47H32N2+2. The Kier molecular flexibility index (Phi) is 4.42. The third-order valence-corrected chi connectivity index (χ3v) is 13.1. The number of pyridine rings is 2. The zero-order chi connectivity index (χ0) is 31.6. The molecule has 7 aromatic rings. The van der Waals surface area contributed by atoms with Crippen molar-refractivity contribution in [2.75, 3.05) is 0 Å². The summed E-state index contributed by atoms with van der Waals surface area (Å²) < 4.78 is 5.45. The van der Waals surface area contributed by atoms with Crippen molar-refractivity contribution in [1.29, 1.82) is 0 Å². The van der Waals surface area contributed by atoms with Crippen molar-refractivity contribution >= 4 is 0 Å². The van der Waals surface area contributed by atoms with Crippen molar-refractivity contribution in [1.82, 2.24) is 0 Å². The number of aromatic nitrogens is 2. The van der Waals surface area contributed by atoms with Gasteiger partial charge >= 0.3 is 5.66 Å². The fraction of sp³-hybridized carbons (Fsp3) is 0.149. The van der Waals surface area contributed by atoms with Crippen molar-refractivity contribution < 1.29 is 9.13 Å². The molecule has 1 spiro atoms. The topological polar surface area (TPSA) is 7.76 Å². The number of benzene rings is 5. The van der Waals surface area contributed by atoms with Crippen LogP contribution in [0.15, 0.2) is 140 Å². The smallest absolute Gasteiger partial charge is 0.129 e. The Morgan fingerprint density at radius 2 is 0.857 bits per heavy atom. The maximum absolute atomic E-state index is 2.72. The van der Waals surface area contributed by atoms with E-state index in [4.69, 9.17) is 0 Å². The summed E-state index contributed by atoms with van der Waals surface area (Å²) in [7, 11) is 0. The third-order valence-electron chi connectivity index (χ3n) is 13.1. The molecule has 4 aliphatic carbocycles. The Morgan fingerprint density at radius 1 is 0.388 bits per heavy atom. The zero-order valence-electron chi connectivity index (χ0n) is 27.0. The maximum atomic E-state index is 2.72. The highest BCUT2D eigenvalue weighted by molar-refractivity contribution is 5.74. The minimum atomic E-state index is -0.530. The van der Waals surface area contributed by atoms with E-state index in [0.717, 1.165) is 19.3 Å². The molecule has 49 heavy (non-hydrogen) atoms. The van der Waals surface area contributed by atoms with Crippen LogP contribution in [-0.4, -0.2) is 0 Å². The van der Waals surface area contributed by atoms with Gasteiger partial charge in [0.15, 0.2) is 12.4 Å². The van der Waals surface area contributed by atoms with Crippen molar-refractivity contribution in [2.45, 2.75) is 42.7 Å². The first-order valence-electron chi connectivity index (χ1n) is 17.9. The average molecular weight is 625 g/mol. The second-order valence-corrected chi connectivity index (χ2v) is 15.1. The van der Waals surface area contributed by atoms with Gasteiger partial charge in [0.05, 0.1) is 11.8 Å². The summed E-state index contributed by atoms with van der Waals surface area (Å²) in [4.78, 5) is 0. The van der Waals surface area contributed by atoms with Crippen LogP contribution in [0, 0.1) is 0 Å². The van der Waals surface area contributed by atoms with Gasteiger partial charge in [0.2, 0.25) is 11.4 Å². The minimum absolute atomic E-state index is 0.187. The van der Waals surface area contributed by atoms with Crippen molar-refractivity contribution in [3.05, 3.63) is 235 Å². The standard InChI is InChI=1S/C47H32N2/c1-4-14-33-28(12-1)24-31-26-32-25-29-13-3-6-16-35(29)44-38-18-8-10-22-49(38)47-45-36(42(33)40(31)46(47)41(32)44)20-19-30-23-27-11-2-5-15-34(27)43(39(30)45)37-17-7-9-21-48(37)47/h1-22,26,42-44H,23-25H2/q+2. The normalized spacial score (nSPS) is 22.7. The predicted octanol–water partition coefficient (Wildman–Crippen LogP) is 7.75. The molecule has 6 aliphatic rings. The molecule has 4 unspecified atom stereocenters. The number of nitrogens with zero attached hydrogens (tertiary/aromatic N) is 2. The molecule has 2 heteroatoms. The van der Waals surface area contributed by atoms with E-state index in [1.54, 1.807) is 22.3 Å². The SMILES string of the molecule is c1ccc2c(c1)Cc1cc3c4c5c1C2c1ccc2c6c1C5([n+]1ccccc1C6c1ccccc1C2)[n+]1ccccc1C4c1ccccc1C3. The molecule has 228 valence electrons. The summed E-state index contributed by atoms with van der Waals surface area (Å²) in [6.07, 6.45) is 7.78. The highest BCUT2D eigenvalue weighted by atomic mass is 15.3. The number of rotatable bonds is 0. The molecule has 2 nitrogen and oxygen atoms in total. The first kappa shape index (κ1) is 25.4. The minimum Gasteiger partial charge on any atom is -0.129 e. The van der Waals surface area contributed by atoms with Crippen LogP contribution in [0.3, 0.4) is 0 Å². The van der Waals surface area contributed by atoms with Gasteiger partial charge in [-0.15, -0.1) is 9.13 Å². The summed E-state index contributed by atoms with van der Waals surface area (Å²) in [5.74, 6) is 0.588. The summed E-state index contributed by atoms with van der Waals surface area (Å²) >= 11 is 0. The van der Waals surface area contributed by atoms with Crippen LogP contribution in [0.5, 0.6) is 0 Å². The molecular weight excluding hydrogens is 593 g/mol. The van der Waals surface area contributed by atoms with Gasteiger partial charge in [0.1, 0.15) is 11.1 Å². The lowest BCUT2D eigenvalue weighted by atomic mass is 9.55. The van der Waals surface area contributed by atoms with Crippen molar-refractivity contribution in [3.8, 4) is 0 Å². The molecule has 0 N–H and O–H groups in total. The lowest BCUT2D eigenvalue weighted by Gasteiger charge is -2.49. The van der Waals surface area contributed by atoms with Gasteiger partial charge in [0, 0.05) is 30.2 Å². The molecule has 4 atom stereocenters. The Hall–Kier alpha value is -5.60. The third kappa shape index (κ3) is 2.76. The number of hydrogen-bond acceptors (Lipinski definition) is 0. The van der Waals surface area contributed by atoms with Crippen LogP contribution in [0.4, 0.5) is 0 Å². The van der Waals surface area contributed by atoms with Crippen LogP contribution in [0.2, 0.25) is 0 Å². The van der Waals surface area contributed by atoms with E-state index < -0.39 is 5.66 Å².